The van der Waals surface area contributed by atoms with Gasteiger partial charge in [-0.05, 0) is 25.3 Å². The van der Waals surface area contributed by atoms with Crippen molar-refractivity contribution in [3.05, 3.63) is 39.6 Å². The molecule has 0 saturated carbocycles. The van der Waals surface area contributed by atoms with Gasteiger partial charge in [0, 0.05) is 36.3 Å². The molecule has 3 heterocycles. The highest BCUT2D eigenvalue weighted by Gasteiger charge is 2.30. The van der Waals surface area contributed by atoms with Gasteiger partial charge in [-0.3, -0.25) is 0 Å². The van der Waals surface area contributed by atoms with Gasteiger partial charge in [0.2, 0.25) is 10.0 Å². The molecule has 9 heteroatoms. The molecule has 0 bridgehead atoms. The van der Waals surface area contributed by atoms with Gasteiger partial charge >= 0.3 is 0 Å². The molecule has 0 atom stereocenters. The molecule has 3 aromatic rings. The van der Waals surface area contributed by atoms with E-state index < -0.39 is 10.0 Å². The Morgan fingerprint density at radius 2 is 2.08 bits per heavy atom. The van der Waals surface area contributed by atoms with Gasteiger partial charge in [0.1, 0.15) is 4.90 Å². The average Bonchev–Trinajstić information content (AvgIpc) is 3.30. The Morgan fingerprint density at radius 3 is 2.68 bits per heavy atom. The molecule has 3 aromatic heterocycles. The summed E-state index contributed by atoms with van der Waals surface area (Å²) in [7, 11) is -1.91. The number of hydrogen-bond donors (Lipinski definition) is 1. The molecule has 0 fully saturated rings. The number of nitrogens with one attached hydrogen (secondary N) is 1. The topological polar surface area (TPSA) is 90.0 Å². The molecule has 3 rings (SSSR count). The summed E-state index contributed by atoms with van der Waals surface area (Å²) < 4.78 is 35.8. The van der Waals surface area contributed by atoms with Crippen molar-refractivity contribution in [3.8, 4) is 11.5 Å². The molecule has 0 amide bonds. The molecular formula is C16H20N4O3S2. The van der Waals surface area contributed by atoms with Crippen LogP contribution in [0.25, 0.3) is 11.5 Å². The van der Waals surface area contributed by atoms with Gasteiger partial charge in [0.05, 0.1) is 5.56 Å². The molecule has 7 nitrogen and oxygen atoms in total. The maximum atomic E-state index is 13.0. The third-order valence-electron chi connectivity index (χ3n) is 4.21. The predicted molar refractivity (Wildman–Crippen MR) is 95.9 cm³/mol. The van der Waals surface area contributed by atoms with Crippen molar-refractivity contribution in [1.29, 1.82) is 0 Å². The molecule has 134 valence electrons. The summed E-state index contributed by atoms with van der Waals surface area (Å²) in [5, 5.41) is 5.81. The van der Waals surface area contributed by atoms with Crippen molar-refractivity contribution in [2.75, 3.05) is 0 Å². The third-order valence-corrected chi connectivity index (χ3v) is 6.64. The molecule has 0 aliphatic heterocycles. The van der Waals surface area contributed by atoms with Gasteiger partial charge in [-0.15, -0.1) is 11.3 Å². The fraction of sp³-hybridized carbons (Fsp3) is 0.375. The minimum absolute atomic E-state index is 0.190. The number of thiophene rings is 1. The lowest BCUT2D eigenvalue weighted by Crippen LogP contribution is -2.24. The van der Waals surface area contributed by atoms with E-state index in [1.165, 1.54) is 11.3 Å². The maximum absolute atomic E-state index is 13.0. The smallest absolute Gasteiger partial charge is 0.261 e. The van der Waals surface area contributed by atoms with Crippen LogP contribution in [0.2, 0.25) is 0 Å². The fourth-order valence-corrected chi connectivity index (χ4v) is 4.90. The minimum atomic E-state index is -3.74. The molecule has 25 heavy (non-hydrogen) atoms. The molecule has 0 aliphatic rings. The minimum Gasteiger partial charge on any atom is -0.350 e. The zero-order valence-electron chi connectivity index (χ0n) is 14.5. The molecule has 1 N–H and O–H groups in total. The van der Waals surface area contributed by atoms with E-state index in [0.29, 0.717) is 23.5 Å². The Labute approximate surface area is 150 Å². The fourth-order valence-electron chi connectivity index (χ4n) is 2.65. The summed E-state index contributed by atoms with van der Waals surface area (Å²) in [6, 6.07) is 3.78. The zero-order valence-corrected chi connectivity index (χ0v) is 16.2. The number of rotatable bonds is 6. The summed E-state index contributed by atoms with van der Waals surface area (Å²) in [5.74, 6) is 0.778. The lowest BCUT2D eigenvalue weighted by molar-refractivity contribution is 0.422. The van der Waals surface area contributed by atoms with E-state index in [0.717, 1.165) is 10.6 Å². The predicted octanol–water partition coefficient (Wildman–Crippen LogP) is 2.79. The SMILES string of the molecule is CCc1noc(-c2c(S(=O)(=O)NCc3cccs3)c(C)n(C)c2C)n1. The monoisotopic (exact) mass is 380 g/mol. The van der Waals surface area contributed by atoms with Crippen LogP contribution < -0.4 is 4.72 Å². The van der Waals surface area contributed by atoms with Gasteiger partial charge < -0.3 is 9.09 Å². The van der Waals surface area contributed by atoms with Crippen LogP contribution in [0, 0.1) is 13.8 Å². The van der Waals surface area contributed by atoms with Crippen LogP contribution in [0.3, 0.4) is 0 Å². The van der Waals surface area contributed by atoms with Gasteiger partial charge in [-0.1, -0.05) is 18.1 Å². The van der Waals surface area contributed by atoms with Gasteiger partial charge in [0.15, 0.2) is 5.82 Å². The second-order valence-electron chi connectivity index (χ2n) is 5.71. The zero-order chi connectivity index (χ0) is 18.2. The number of aryl methyl sites for hydroxylation is 1. The Hall–Kier alpha value is -1.97. The van der Waals surface area contributed by atoms with E-state index in [2.05, 4.69) is 14.9 Å². The van der Waals surface area contributed by atoms with Crippen LogP contribution >= 0.6 is 11.3 Å². The molecule has 0 saturated heterocycles. The number of aromatic nitrogens is 3. The van der Waals surface area contributed by atoms with Crippen molar-refractivity contribution < 1.29 is 12.9 Å². The van der Waals surface area contributed by atoms with Crippen molar-refractivity contribution >= 4 is 21.4 Å². The summed E-state index contributed by atoms with van der Waals surface area (Å²) in [6.45, 7) is 5.78. The Bertz CT molecular complexity index is 985. The molecule has 0 aromatic carbocycles. The van der Waals surface area contributed by atoms with E-state index in [4.69, 9.17) is 4.52 Å². The quantitative estimate of drug-likeness (QED) is 0.710. The molecule has 0 radical (unpaired) electrons. The Morgan fingerprint density at radius 1 is 1.32 bits per heavy atom. The van der Waals surface area contributed by atoms with E-state index >= 15 is 0 Å². The maximum Gasteiger partial charge on any atom is 0.261 e. The van der Waals surface area contributed by atoms with E-state index in [1.54, 1.807) is 6.92 Å². The Balaban J connectivity index is 2.06. The standard InChI is InChI=1S/C16H20N4O3S2/c1-5-13-18-16(23-19-13)14-10(2)20(4)11(3)15(14)25(21,22)17-9-12-7-6-8-24-12/h6-8,17H,5,9H2,1-4H3. The largest absolute Gasteiger partial charge is 0.350 e. The van der Waals surface area contributed by atoms with E-state index in [-0.39, 0.29) is 17.3 Å². The van der Waals surface area contributed by atoms with Crippen LogP contribution in [0.1, 0.15) is 29.0 Å². The highest BCUT2D eigenvalue weighted by Crippen LogP contribution is 2.34. The first-order valence-electron chi connectivity index (χ1n) is 7.86. The molecule has 0 unspecified atom stereocenters. The van der Waals surface area contributed by atoms with Crippen molar-refractivity contribution in [2.24, 2.45) is 7.05 Å². The first-order chi connectivity index (χ1) is 11.8. The van der Waals surface area contributed by atoms with Crippen LogP contribution in [-0.2, 0) is 30.0 Å². The average molecular weight is 380 g/mol. The first kappa shape index (κ1) is 17.8. The highest BCUT2D eigenvalue weighted by atomic mass is 32.2. The summed E-state index contributed by atoms with van der Waals surface area (Å²) in [6.07, 6.45) is 0.618. The third kappa shape index (κ3) is 3.26. The second-order valence-corrected chi connectivity index (χ2v) is 8.44. The van der Waals surface area contributed by atoms with E-state index in [9.17, 15) is 8.42 Å². The van der Waals surface area contributed by atoms with Crippen LogP contribution in [-0.4, -0.2) is 23.1 Å². The summed E-state index contributed by atoms with van der Waals surface area (Å²) in [4.78, 5) is 5.45. The molecule has 0 spiro atoms. The lowest BCUT2D eigenvalue weighted by atomic mass is 10.2. The molecular weight excluding hydrogens is 360 g/mol. The van der Waals surface area contributed by atoms with Crippen LogP contribution in [0.15, 0.2) is 26.9 Å². The van der Waals surface area contributed by atoms with E-state index in [1.807, 2.05) is 43.0 Å². The van der Waals surface area contributed by atoms with Crippen LogP contribution in [0.4, 0.5) is 0 Å². The first-order valence-corrected chi connectivity index (χ1v) is 10.2. The number of hydrogen-bond acceptors (Lipinski definition) is 6. The van der Waals surface area contributed by atoms with Crippen molar-refractivity contribution in [1.82, 2.24) is 19.4 Å². The van der Waals surface area contributed by atoms with Gasteiger partial charge in [0.25, 0.3) is 5.89 Å². The van der Waals surface area contributed by atoms with Crippen molar-refractivity contribution in [2.45, 2.75) is 38.6 Å². The number of sulfonamides is 1. The highest BCUT2D eigenvalue weighted by molar-refractivity contribution is 7.89. The van der Waals surface area contributed by atoms with Crippen molar-refractivity contribution in [3.63, 3.8) is 0 Å². The summed E-state index contributed by atoms with van der Waals surface area (Å²) in [5.41, 5.74) is 1.86. The lowest BCUT2D eigenvalue weighted by Gasteiger charge is -2.07. The molecule has 0 aliphatic carbocycles. The normalized spacial score (nSPS) is 12.0. The van der Waals surface area contributed by atoms with Crippen LogP contribution in [0.5, 0.6) is 0 Å². The second kappa shape index (κ2) is 6.74. The number of nitrogens with zero attached hydrogens (tertiary/aromatic N) is 3. The van der Waals surface area contributed by atoms with Gasteiger partial charge in [-0.2, -0.15) is 4.98 Å². The summed E-state index contributed by atoms with van der Waals surface area (Å²) >= 11 is 1.51. The Kier molecular flexibility index (Phi) is 4.81. The van der Waals surface area contributed by atoms with Gasteiger partial charge in [-0.25, -0.2) is 13.1 Å².